The van der Waals surface area contributed by atoms with E-state index in [1.54, 1.807) is 46.4 Å². The maximum absolute atomic E-state index is 12.6. The second kappa shape index (κ2) is 9.79. The first kappa shape index (κ1) is 23.0. The number of carbonyl (C=O) groups excluding carboxylic acids is 2. The molecular weight excluding hydrogens is 432 g/mol. The predicted molar refractivity (Wildman–Crippen MR) is 130 cm³/mol. The number of aryl methyl sites for hydroxylation is 1. The molecule has 1 amide bonds. The zero-order valence-corrected chi connectivity index (χ0v) is 19.6. The van der Waals surface area contributed by atoms with E-state index in [9.17, 15) is 9.59 Å². The molecule has 1 heterocycles. The van der Waals surface area contributed by atoms with Gasteiger partial charge in [0.2, 0.25) is 0 Å². The Balaban J connectivity index is 1.39. The molecule has 7 heteroatoms. The molecule has 0 fully saturated rings. The molecule has 3 aromatic carbocycles. The summed E-state index contributed by atoms with van der Waals surface area (Å²) >= 11 is 0. The highest BCUT2D eigenvalue weighted by molar-refractivity contribution is 5.96. The van der Waals surface area contributed by atoms with E-state index in [1.807, 2.05) is 42.5 Å². The number of ether oxygens (including phenoxy) is 3. The van der Waals surface area contributed by atoms with Crippen molar-refractivity contribution in [2.75, 3.05) is 27.9 Å². The third-order valence-electron chi connectivity index (χ3n) is 5.72. The first-order chi connectivity index (χ1) is 16.4. The summed E-state index contributed by atoms with van der Waals surface area (Å²) < 4.78 is 15.8. The van der Waals surface area contributed by atoms with Gasteiger partial charge in [-0.2, -0.15) is 0 Å². The first-order valence-corrected chi connectivity index (χ1v) is 10.8. The molecule has 4 aromatic rings. The van der Waals surface area contributed by atoms with Crippen molar-refractivity contribution < 1.29 is 23.8 Å². The maximum atomic E-state index is 12.6. The standard InChI is InChI=1S/C27H26N2O5/c1-17-24(13-21-8-10-23(33-4)14-25(21)28-17)27(31)34-16-26(30)29(2)15-18-5-6-20-12-22(32-3)9-7-19(20)11-18/h5-14H,15-16H2,1-4H3. The van der Waals surface area contributed by atoms with E-state index < -0.39 is 5.97 Å². The molecular formula is C27H26N2O5. The van der Waals surface area contributed by atoms with Crippen molar-refractivity contribution in [1.82, 2.24) is 9.88 Å². The van der Waals surface area contributed by atoms with Gasteiger partial charge in [-0.1, -0.05) is 18.2 Å². The van der Waals surface area contributed by atoms with Crippen molar-refractivity contribution in [3.63, 3.8) is 0 Å². The second-order valence-electron chi connectivity index (χ2n) is 8.05. The highest BCUT2D eigenvalue weighted by atomic mass is 16.5. The number of carbonyl (C=O) groups is 2. The lowest BCUT2D eigenvalue weighted by molar-refractivity contribution is -0.133. The molecule has 0 saturated carbocycles. The van der Waals surface area contributed by atoms with Gasteiger partial charge in [0.25, 0.3) is 5.91 Å². The molecule has 0 aliphatic carbocycles. The molecule has 0 radical (unpaired) electrons. The van der Waals surface area contributed by atoms with Crippen LogP contribution >= 0.6 is 0 Å². The Morgan fingerprint density at radius 1 is 0.853 bits per heavy atom. The SMILES string of the molecule is COc1ccc2cc(CN(C)C(=O)COC(=O)c3cc4ccc(OC)cc4nc3C)ccc2c1. The Kier molecular flexibility index (Phi) is 6.63. The molecule has 0 atom stereocenters. The summed E-state index contributed by atoms with van der Waals surface area (Å²) in [6, 6.07) is 19.0. The number of methoxy groups -OCH3 is 2. The van der Waals surface area contributed by atoms with Gasteiger partial charge >= 0.3 is 5.97 Å². The van der Waals surface area contributed by atoms with Gasteiger partial charge < -0.3 is 19.1 Å². The number of rotatable bonds is 7. The van der Waals surface area contributed by atoms with Crippen LogP contribution in [0.4, 0.5) is 0 Å². The Hall–Kier alpha value is -4.13. The highest BCUT2D eigenvalue weighted by Gasteiger charge is 2.17. The lowest BCUT2D eigenvalue weighted by atomic mass is 10.1. The predicted octanol–water partition coefficient (Wildman–Crippen LogP) is 4.53. The van der Waals surface area contributed by atoms with Crippen LogP contribution in [0.3, 0.4) is 0 Å². The number of amides is 1. The molecule has 174 valence electrons. The van der Waals surface area contributed by atoms with Gasteiger partial charge in [-0.15, -0.1) is 0 Å². The minimum absolute atomic E-state index is 0.292. The van der Waals surface area contributed by atoms with Gasteiger partial charge in [0.15, 0.2) is 6.61 Å². The molecule has 0 unspecified atom stereocenters. The van der Waals surface area contributed by atoms with Crippen molar-refractivity contribution in [1.29, 1.82) is 0 Å². The average Bonchev–Trinajstić information content (AvgIpc) is 2.85. The number of fused-ring (bicyclic) bond motifs is 2. The maximum Gasteiger partial charge on any atom is 0.340 e. The van der Waals surface area contributed by atoms with Crippen LogP contribution in [0.2, 0.25) is 0 Å². The van der Waals surface area contributed by atoms with Gasteiger partial charge in [0.05, 0.1) is 31.0 Å². The van der Waals surface area contributed by atoms with E-state index in [4.69, 9.17) is 14.2 Å². The molecule has 7 nitrogen and oxygen atoms in total. The van der Waals surface area contributed by atoms with Crippen LogP contribution in [0.25, 0.3) is 21.7 Å². The third kappa shape index (κ3) is 4.93. The molecule has 0 saturated heterocycles. The smallest absolute Gasteiger partial charge is 0.340 e. The van der Waals surface area contributed by atoms with E-state index in [-0.39, 0.29) is 12.5 Å². The van der Waals surface area contributed by atoms with Crippen LogP contribution in [-0.4, -0.2) is 49.6 Å². The number of likely N-dealkylation sites (N-methyl/N-ethyl adjacent to an activating group) is 1. The molecule has 0 N–H and O–H groups in total. The topological polar surface area (TPSA) is 78.0 Å². The summed E-state index contributed by atoms with van der Waals surface area (Å²) in [7, 11) is 4.91. The van der Waals surface area contributed by atoms with Crippen molar-refractivity contribution in [2.24, 2.45) is 0 Å². The van der Waals surface area contributed by atoms with Crippen molar-refractivity contribution in [3.05, 3.63) is 77.5 Å². The second-order valence-corrected chi connectivity index (χ2v) is 8.05. The molecule has 4 rings (SSSR count). The van der Waals surface area contributed by atoms with Crippen LogP contribution < -0.4 is 9.47 Å². The number of hydrogen-bond acceptors (Lipinski definition) is 6. The zero-order chi connectivity index (χ0) is 24.2. The van der Waals surface area contributed by atoms with Crippen LogP contribution in [0, 0.1) is 6.92 Å². The van der Waals surface area contributed by atoms with Gasteiger partial charge in [0.1, 0.15) is 11.5 Å². The fourth-order valence-electron chi connectivity index (χ4n) is 3.75. The lowest BCUT2D eigenvalue weighted by Gasteiger charge is -2.18. The van der Waals surface area contributed by atoms with Crippen LogP contribution in [0.5, 0.6) is 11.5 Å². The molecule has 0 spiro atoms. The summed E-state index contributed by atoms with van der Waals surface area (Å²) in [4.78, 5) is 31.3. The molecule has 0 aliphatic heterocycles. The Morgan fingerprint density at radius 2 is 1.50 bits per heavy atom. The summed E-state index contributed by atoms with van der Waals surface area (Å²) in [6.07, 6.45) is 0. The van der Waals surface area contributed by atoms with Gasteiger partial charge in [-0.05, 0) is 59.7 Å². The monoisotopic (exact) mass is 458 g/mol. The number of nitrogens with zero attached hydrogens (tertiary/aromatic N) is 2. The highest BCUT2D eigenvalue weighted by Crippen LogP contribution is 2.23. The van der Waals surface area contributed by atoms with Crippen LogP contribution in [0.1, 0.15) is 21.6 Å². The fraction of sp³-hybridized carbons (Fsp3) is 0.222. The molecule has 0 bridgehead atoms. The third-order valence-corrected chi connectivity index (χ3v) is 5.72. The number of hydrogen-bond donors (Lipinski definition) is 0. The first-order valence-electron chi connectivity index (χ1n) is 10.8. The lowest BCUT2D eigenvalue weighted by Crippen LogP contribution is -2.31. The largest absolute Gasteiger partial charge is 0.497 e. The Labute approximate surface area is 197 Å². The number of aromatic nitrogens is 1. The van der Waals surface area contributed by atoms with E-state index >= 15 is 0 Å². The van der Waals surface area contributed by atoms with Crippen molar-refractivity contribution in [3.8, 4) is 11.5 Å². The van der Waals surface area contributed by atoms with Crippen LogP contribution in [0.15, 0.2) is 60.7 Å². The van der Waals surface area contributed by atoms with Crippen molar-refractivity contribution in [2.45, 2.75) is 13.5 Å². The summed E-state index contributed by atoms with van der Waals surface area (Å²) in [5.41, 5.74) is 2.56. The average molecular weight is 459 g/mol. The van der Waals surface area contributed by atoms with E-state index in [0.29, 0.717) is 23.6 Å². The molecule has 1 aromatic heterocycles. The quantitative estimate of drug-likeness (QED) is 0.379. The van der Waals surface area contributed by atoms with Crippen LogP contribution in [-0.2, 0) is 16.1 Å². The Bertz CT molecular complexity index is 1380. The number of pyridine rings is 1. The molecule has 34 heavy (non-hydrogen) atoms. The minimum atomic E-state index is -0.580. The summed E-state index contributed by atoms with van der Waals surface area (Å²) in [6.45, 7) is 1.79. The van der Waals surface area contributed by atoms with E-state index in [1.165, 1.54) is 4.90 Å². The normalized spacial score (nSPS) is 10.8. The number of benzene rings is 3. The van der Waals surface area contributed by atoms with Gasteiger partial charge in [-0.3, -0.25) is 9.78 Å². The van der Waals surface area contributed by atoms with E-state index in [0.717, 1.165) is 33.0 Å². The Morgan fingerprint density at radius 3 is 2.24 bits per heavy atom. The van der Waals surface area contributed by atoms with Gasteiger partial charge in [0, 0.05) is 25.0 Å². The van der Waals surface area contributed by atoms with Crippen molar-refractivity contribution >= 4 is 33.6 Å². The zero-order valence-electron chi connectivity index (χ0n) is 19.6. The number of esters is 1. The fourth-order valence-corrected chi connectivity index (χ4v) is 3.75. The summed E-state index contributed by atoms with van der Waals surface area (Å²) in [5, 5.41) is 2.90. The van der Waals surface area contributed by atoms with Gasteiger partial charge in [-0.25, -0.2) is 4.79 Å². The van der Waals surface area contributed by atoms with E-state index in [2.05, 4.69) is 4.98 Å². The summed E-state index contributed by atoms with van der Waals surface area (Å²) in [5.74, 6) is 0.615. The molecule has 0 aliphatic rings. The minimum Gasteiger partial charge on any atom is -0.497 e.